The maximum atomic E-state index is 5.66. The van der Waals surface area contributed by atoms with Crippen molar-refractivity contribution < 1.29 is 9.15 Å². The average molecular weight is 182 g/mol. The monoisotopic (exact) mass is 182 g/mol. The molecule has 0 N–H and O–H groups in total. The Balaban J connectivity index is 2.77. The van der Waals surface area contributed by atoms with Crippen molar-refractivity contribution in [2.75, 3.05) is 7.11 Å². The zero-order valence-corrected chi connectivity index (χ0v) is 8.72. The summed E-state index contributed by atoms with van der Waals surface area (Å²) in [4.78, 5) is 0. The van der Waals surface area contributed by atoms with E-state index in [2.05, 4.69) is 13.8 Å². The molecule has 0 bridgehead atoms. The number of ether oxygens (including phenoxy) is 1. The van der Waals surface area contributed by atoms with E-state index in [4.69, 9.17) is 9.15 Å². The van der Waals surface area contributed by atoms with Gasteiger partial charge in [0.1, 0.15) is 11.5 Å². The van der Waals surface area contributed by atoms with Crippen LogP contribution in [0, 0.1) is 0 Å². The molecule has 0 spiro atoms. The Bertz CT molecular complexity index is 251. The predicted octanol–water partition coefficient (Wildman–Crippen LogP) is 3.19. The lowest BCUT2D eigenvalue weighted by Crippen LogP contribution is -1.85. The first-order valence-electron chi connectivity index (χ1n) is 4.97. The van der Waals surface area contributed by atoms with Crippen LogP contribution in [0.1, 0.15) is 38.2 Å². The summed E-state index contributed by atoms with van der Waals surface area (Å²) in [5, 5.41) is 0. The molecule has 2 heteroatoms. The largest absolute Gasteiger partial charge is 0.493 e. The maximum absolute atomic E-state index is 5.66. The number of hydrogen-bond donors (Lipinski definition) is 0. The fourth-order valence-corrected chi connectivity index (χ4v) is 1.41. The van der Waals surface area contributed by atoms with Gasteiger partial charge in [-0.3, -0.25) is 0 Å². The van der Waals surface area contributed by atoms with Gasteiger partial charge >= 0.3 is 0 Å². The Labute approximate surface area is 79.9 Å². The number of rotatable bonds is 5. The maximum Gasteiger partial charge on any atom is 0.160 e. The van der Waals surface area contributed by atoms with Crippen LogP contribution in [-0.2, 0) is 12.8 Å². The smallest absolute Gasteiger partial charge is 0.160 e. The van der Waals surface area contributed by atoms with Crippen molar-refractivity contribution in [3.05, 3.63) is 17.6 Å². The molecule has 1 aromatic heterocycles. The van der Waals surface area contributed by atoms with Gasteiger partial charge in [0.25, 0.3) is 0 Å². The van der Waals surface area contributed by atoms with E-state index in [9.17, 15) is 0 Å². The first-order chi connectivity index (χ1) is 6.31. The molecule has 0 fully saturated rings. The van der Waals surface area contributed by atoms with E-state index in [1.54, 1.807) is 7.11 Å². The van der Waals surface area contributed by atoms with Gasteiger partial charge in [-0.25, -0.2) is 0 Å². The minimum Gasteiger partial charge on any atom is -0.493 e. The SMILES string of the molecule is CCCc1cc(OC)c(CCC)o1. The third-order valence-corrected chi connectivity index (χ3v) is 2.01. The molecule has 0 aliphatic carbocycles. The molecule has 0 amide bonds. The van der Waals surface area contributed by atoms with Crippen LogP contribution in [0.25, 0.3) is 0 Å². The molecule has 0 aliphatic heterocycles. The second kappa shape index (κ2) is 4.95. The molecule has 0 saturated heterocycles. The topological polar surface area (TPSA) is 22.4 Å². The van der Waals surface area contributed by atoms with Crippen molar-refractivity contribution in [3.8, 4) is 5.75 Å². The molecule has 1 rings (SSSR count). The van der Waals surface area contributed by atoms with Gasteiger partial charge in [-0.15, -0.1) is 0 Å². The van der Waals surface area contributed by atoms with Crippen molar-refractivity contribution in [2.24, 2.45) is 0 Å². The quantitative estimate of drug-likeness (QED) is 0.697. The fourth-order valence-electron chi connectivity index (χ4n) is 1.41. The highest BCUT2D eigenvalue weighted by Crippen LogP contribution is 2.25. The molecule has 0 atom stereocenters. The van der Waals surface area contributed by atoms with E-state index in [1.807, 2.05) is 6.07 Å². The van der Waals surface area contributed by atoms with Crippen LogP contribution in [0.2, 0.25) is 0 Å². The fraction of sp³-hybridized carbons (Fsp3) is 0.636. The number of aryl methyl sites for hydroxylation is 2. The molecule has 0 unspecified atom stereocenters. The standard InChI is InChI=1S/C11H18O2/c1-4-6-9-8-11(12-3)10(13-9)7-5-2/h8H,4-7H2,1-3H3. The summed E-state index contributed by atoms with van der Waals surface area (Å²) in [5.41, 5.74) is 0. The second-order valence-corrected chi connectivity index (χ2v) is 3.20. The molecular formula is C11H18O2. The van der Waals surface area contributed by atoms with E-state index in [0.29, 0.717) is 0 Å². The Morgan fingerprint density at radius 1 is 1.23 bits per heavy atom. The second-order valence-electron chi connectivity index (χ2n) is 3.20. The highest BCUT2D eigenvalue weighted by Gasteiger charge is 2.09. The normalized spacial score (nSPS) is 10.4. The summed E-state index contributed by atoms with van der Waals surface area (Å²) >= 11 is 0. The van der Waals surface area contributed by atoms with Crippen LogP contribution in [0.3, 0.4) is 0 Å². The molecular weight excluding hydrogens is 164 g/mol. The highest BCUT2D eigenvalue weighted by atomic mass is 16.5. The Morgan fingerprint density at radius 2 is 1.92 bits per heavy atom. The van der Waals surface area contributed by atoms with Gasteiger partial charge in [-0.1, -0.05) is 13.8 Å². The summed E-state index contributed by atoms with van der Waals surface area (Å²) < 4.78 is 10.9. The minimum absolute atomic E-state index is 0.908. The molecule has 1 aromatic rings. The summed E-state index contributed by atoms with van der Waals surface area (Å²) in [5.74, 6) is 2.95. The Hall–Kier alpha value is -0.920. The van der Waals surface area contributed by atoms with E-state index >= 15 is 0 Å². The van der Waals surface area contributed by atoms with Crippen molar-refractivity contribution in [1.29, 1.82) is 0 Å². The van der Waals surface area contributed by atoms with Crippen molar-refractivity contribution in [1.82, 2.24) is 0 Å². The number of hydrogen-bond acceptors (Lipinski definition) is 2. The molecule has 0 aliphatic rings. The lowest BCUT2D eigenvalue weighted by molar-refractivity contribution is 0.385. The molecule has 13 heavy (non-hydrogen) atoms. The van der Waals surface area contributed by atoms with Gasteiger partial charge in [0.15, 0.2) is 5.75 Å². The van der Waals surface area contributed by atoms with Gasteiger partial charge in [-0.05, 0) is 12.8 Å². The van der Waals surface area contributed by atoms with Crippen LogP contribution < -0.4 is 4.74 Å². The number of methoxy groups -OCH3 is 1. The summed E-state index contributed by atoms with van der Waals surface area (Å²) in [6, 6.07) is 2.01. The predicted molar refractivity (Wildman–Crippen MR) is 53.3 cm³/mol. The molecule has 2 nitrogen and oxygen atoms in total. The van der Waals surface area contributed by atoms with Gasteiger partial charge in [0.05, 0.1) is 7.11 Å². The van der Waals surface area contributed by atoms with Gasteiger partial charge < -0.3 is 9.15 Å². The first kappa shape index (κ1) is 10.2. The first-order valence-corrected chi connectivity index (χ1v) is 4.97. The van der Waals surface area contributed by atoms with E-state index in [-0.39, 0.29) is 0 Å². The molecule has 0 radical (unpaired) electrons. The summed E-state index contributed by atoms with van der Waals surface area (Å²) in [6.07, 6.45) is 4.17. The summed E-state index contributed by atoms with van der Waals surface area (Å²) in [7, 11) is 1.69. The van der Waals surface area contributed by atoms with E-state index in [0.717, 1.165) is 43.0 Å². The van der Waals surface area contributed by atoms with Crippen LogP contribution in [0.4, 0.5) is 0 Å². The van der Waals surface area contributed by atoms with Gasteiger partial charge in [0.2, 0.25) is 0 Å². The van der Waals surface area contributed by atoms with E-state index < -0.39 is 0 Å². The average Bonchev–Trinajstić information content (AvgIpc) is 2.49. The molecule has 74 valence electrons. The van der Waals surface area contributed by atoms with Gasteiger partial charge in [-0.2, -0.15) is 0 Å². The van der Waals surface area contributed by atoms with Crippen molar-refractivity contribution >= 4 is 0 Å². The summed E-state index contributed by atoms with van der Waals surface area (Å²) in [6.45, 7) is 4.29. The molecule has 0 saturated carbocycles. The Morgan fingerprint density at radius 3 is 2.46 bits per heavy atom. The van der Waals surface area contributed by atoms with Crippen LogP contribution in [-0.4, -0.2) is 7.11 Å². The lowest BCUT2D eigenvalue weighted by Gasteiger charge is -1.97. The Kier molecular flexibility index (Phi) is 3.87. The van der Waals surface area contributed by atoms with Crippen molar-refractivity contribution in [3.63, 3.8) is 0 Å². The minimum atomic E-state index is 0.908. The third-order valence-electron chi connectivity index (χ3n) is 2.01. The van der Waals surface area contributed by atoms with E-state index in [1.165, 1.54) is 0 Å². The van der Waals surface area contributed by atoms with Crippen molar-refractivity contribution in [2.45, 2.75) is 39.5 Å². The third kappa shape index (κ3) is 2.51. The van der Waals surface area contributed by atoms with Crippen LogP contribution >= 0.6 is 0 Å². The zero-order valence-electron chi connectivity index (χ0n) is 8.72. The number of furan rings is 1. The lowest BCUT2D eigenvalue weighted by atomic mass is 10.2. The van der Waals surface area contributed by atoms with Gasteiger partial charge in [0, 0.05) is 18.9 Å². The highest BCUT2D eigenvalue weighted by molar-refractivity contribution is 5.28. The van der Waals surface area contributed by atoms with Crippen LogP contribution in [0.5, 0.6) is 5.75 Å². The molecule has 0 aromatic carbocycles. The van der Waals surface area contributed by atoms with Crippen LogP contribution in [0.15, 0.2) is 10.5 Å². The zero-order chi connectivity index (χ0) is 9.68. The molecule has 1 heterocycles.